The van der Waals surface area contributed by atoms with Gasteiger partial charge in [0.2, 0.25) is 0 Å². The van der Waals surface area contributed by atoms with Crippen LogP contribution in [0, 0.1) is 11.7 Å². The Labute approximate surface area is 197 Å². The smallest absolute Gasteiger partial charge is 0.193 e. The molecule has 0 aromatic heterocycles. The molecular formula is C22H37FIN5O. The highest BCUT2D eigenvalue weighted by Crippen LogP contribution is 2.28. The van der Waals surface area contributed by atoms with Crippen LogP contribution in [0.5, 0.6) is 0 Å². The molecule has 1 aromatic rings. The van der Waals surface area contributed by atoms with Gasteiger partial charge in [0.05, 0.1) is 12.3 Å². The minimum atomic E-state index is -0.147. The highest BCUT2D eigenvalue weighted by atomic mass is 127. The Hall–Kier alpha value is -1.13. The Morgan fingerprint density at radius 1 is 1.27 bits per heavy atom. The second kappa shape index (κ2) is 12.7. The molecule has 6 nitrogen and oxygen atoms in total. The summed E-state index contributed by atoms with van der Waals surface area (Å²) in [6.07, 6.45) is 2.62. The minimum absolute atomic E-state index is 0. The van der Waals surface area contributed by atoms with Crippen molar-refractivity contribution in [2.75, 3.05) is 71.5 Å². The van der Waals surface area contributed by atoms with E-state index >= 15 is 0 Å². The van der Waals surface area contributed by atoms with Crippen molar-refractivity contribution in [1.29, 1.82) is 0 Å². The number of hydrogen-bond acceptors (Lipinski definition) is 4. The third-order valence-corrected chi connectivity index (χ3v) is 5.82. The van der Waals surface area contributed by atoms with Gasteiger partial charge in [-0.05, 0) is 43.0 Å². The fourth-order valence-corrected chi connectivity index (χ4v) is 3.63. The second-order valence-electron chi connectivity index (χ2n) is 8.05. The Morgan fingerprint density at radius 2 is 2.00 bits per heavy atom. The number of aliphatic imine (C=N–C) groups is 1. The van der Waals surface area contributed by atoms with Gasteiger partial charge in [0.1, 0.15) is 5.82 Å². The predicted molar refractivity (Wildman–Crippen MR) is 133 cm³/mol. The average Bonchev–Trinajstić information content (AvgIpc) is 3.56. The lowest BCUT2D eigenvalue weighted by molar-refractivity contribution is 0.115. The summed E-state index contributed by atoms with van der Waals surface area (Å²) >= 11 is 0. The first-order valence-electron chi connectivity index (χ1n) is 10.9. The number of hydrogen-bond donors (Lipinski definition) is 1. The molecule has 0 unspecified atom stereocenters. The number of rotatable bonds is 9. The summed E-state index contributed by atoms with van der Waals surface area (Å²) in [7, 11) is 3.76. The molecule has 30 heavy (non-hydrogen) atoms. The first-order chi connectivity index (χ1) is 14.1. The highest BCUT2D eigenvalue weighted by Gasteiger charge is 2.21. The molecule has 0 bridgehead atoms. The average molecular weight is 533 g/mol. The molecule has 8 heteroatoms. The zero-order valence-electron chi connectivity index (χ0n) is 18.6. The van der Waals surface area contributed by atoms with Crippen molar-refractivity contribution in [3.63, 3.8) is 0 Å². The molecule has 0 radical (unpaired) electrons. The van der Waals surface area contributed by atoms with Gasteiger partial charge in [-0.15, -0.1) is 24.0 Å². The number of piperazine rings is 1. The Bertz CT molecular complexity index is 677. The number of nitrogens with one attached hydrogen (secondary N) is 1. The topological polar surface area (TPSA) is 43.3 Å². The molecule has 1 saturated carbocycles. The van der Waals surface area contributed by atoms with Gasteiger partial charge in [0.15, 0.2) is 5.96 Å². The monoisotopic (exact) mass is 533 g/mol. The van der Waals surface area contributed by atoms with Crippen molar-refractivity contribution in [2.24, 2.45) is 10.9 Å². The van der Waals surface area contributed by atoms with Gasteiger partial charge in [-0.1, -0.05) is 13.0 Å². The number of benzene rings is 1. The third-order valence-electron chi connectivity index (χ3n) is 5.82. The predicted octanol–water partition coefficient (Wildman–Crippen LogP) is 3.02. The summed E-state index contributed by atoms with van der Waals surface area (Å²) < 4.78 is 20.4. The molecule has 1 saturated heterocycles. The molecule has 1 heterocycles. The fraction of sp³-hybridized carbons (Fsp3) is 0.682. The van der Waals surface area contributed by atoms with E-state index in [1.807, 2.05) is 24.1 Å². The second-order valence-corrected chi connectivity index (χ2v) is 8.05. The van der Waals surface area contributed by atoms with E-state index in [9.17, 15) is 4.39 Å². The van der Waals surface area contributed by atoms with Crippen molar-refractivity contribution < 1.29 is 9.13 Å². The number of anilines is 1. The Balaban J connectivity index is 0.00000320. The van der Waals surface area contributed by atoms with Crippen molar-refractivity contribution in [2.45, 2.75) is 26.3 Å². The van der Waals surface area contributed by atoms with Crippen LogP contribution in [0.4, 0.5) is 10.1 Å². The summed E-state index contributed by atoms with van der Waals surface area (Å²) in [5.41, 5.74) is 1.62. The van der Waals surface area contributed by atoms with Gasteiger partial charge in [0, 0.05) is 60.0 Å². The largest absolute Gasteiger partial charge is 0.379 e. The van der Waals surface area contributed by atoms with Gasteiger partial charge in [0.25, 0.3) is 0 Å². The van der Waals surface area contributed by atoms with Crippen LogP contribution in [0.1, 0.15) is 25.3 Å². The van der Waals surface area contributed by atoms with Gasteiger partial charge in [-0.2, -0.15) is 0 Å². The molecular weight excluding hydrogens is 496 g/mol. The van der Waals surface area contributed by atoms with E-state index < -0.39 is 0 Å². The molecule has 3 rings (SSSR count). The van der Waals surface area contributed by atoms with E-state index in [2.05, 4.69) is 27.0 Å². The zero-order valence-corrected chi connectivity index (χ0v) is 20.9. The van der Waals surface area contributed by atoms with Crippen LogP contribution in [0.2, 0.25) is 0 Å². The number of halogens is 2. The SMILES string of the molecule is CCN1CCN(c2ccc(CNC(=NC)N(C)CCOCC3CC3)cc2F)CC1.I. The molecule has 1 aliphatic heterocycles. The first-order valence-corrected chi connectivity index (χ1v) is 10.9. The molecule has 1 aromatic carbocycles. The summed E-state index contributed by atoms with van der Waals surface area (Å²) in [5, 5.41) is 3.32. The maximum atomic E-state index is 14.7. The van der Waals surface area contributed by atoms with E-state index in [0.29, 0.717) is 18.8 Å². The molecule has 0 atom stereocenters. The van der Waals surface area contributed by atoms with E-state index in [0.717, 1.165) is 63.3 Å². The van der Waals surface area contributed by atoms with Crippen LogP contribution in [0.25, 0.3) is 0 Å². The van der Waals surface area contributed by atoms with Gasteiger partial charge >= 0.3 is 0 Å². The van der Waals surface area contributed by atoms with Crippen LogP contribution in [0.15, 0.2) is 23.2 Å². The van der Waals surface area contributed by atoms with Gasteiger partial charge in [-0.3, -0.25) is 4.99 Å². The fourth-order valence-electron chi connectivity index (χ4n) is 3.63. The molecule has 1 aliphatic carbocycles. The number of ether oxygens (including phenoxy) is 1. The summed E-state index contributed by atoms with van der Waals surface area (Å²) in [6.45, 7) is 9.86. The van der Waals surface area contributed by atoms with E-state index in [-0.39, 0.29) is 29.8 Å². The van der Waals surface area contributed by atoms with Crippen LogP contribution in [-0.4, -0.2) is 82.3 Å². The van der Waals surface area contributed by atoms with Crippen LogP contribution >= 0.6 is 24.0 Å². The molecule has 0 spiro atoms. The van der Waals surface area contributed by atoms with Crippen molar-refractivity contribution in [3.8, 4) is 0 Å². The molecule has 2 aliphatic rings. The lowest BCUT2D eigenvalue weighted by Crippen LogP contribution is -2.46. The van der Waals surface area contributed by atoms with Crippen LogP contribution in [0.3, 0.4) is 0 Å². The van der Waals surface area contributed by atoms with E-state index in [4.69, 9.17) is 4.74 Å². The number of likely N-dealkylation sites (N-methyl/N-ethyl adjacent to an activating group) is 2. The van der Waals surface area contributed by atoms with Gasteiger partial charge in [-0.25, -0.2) is 4.39 Å². The van der Waals surface area contributed by atoms with Crippen LogP contribution < -0.4 is 10.2 Å². The number of nitrogens with zero attached hydrogens (tertiary/aromatic N) is 4. The molecule has 0 amide bonds. The molecule has 170 valence electrons. The standard InChI is InChI=1S/C22H36FN5O.HI/c1-4-27-9-11-28(12-10-27)21-8-7-19(15-20(21)23)16-25-22(24-2)26(3)13-14-29-17-18-5-6-18;/h7-8,15,18H,4-6,9-14,16-17H2,1-3H3,(H,24,25);1H. The normalized spacial score (nSPS) is 17.6. The lowest BCUT2D eigenvalue weighted by Gasteiger charge is -2.35. The van der Waals surface area contributed by atoms with Crippen molar-refractivity contribution in [3.05, 3.63) is 29.6 Å². The first kappa shape index (κ1) is 25.1. The summed E-state index contributed by atoms with van der Waals surface area (Å²) in [5.74, 6) is 1.43. The maximum Gasteiger partial charge on any atom is 0.193 e. The lowest BCUT2D eigenvalue weighted by atomic mass is 10.1. The quantitative estimate of drug-likeness (QED) is 0.229. The van der Waals surface area contributed by atoms with Crippen molar-refractivity contribution >= 4 is 35.6 Å². The third kappa shape index (κ3) is 7.53. The minimum Gasteiger partial charge on any atom is -0.379 e. The van der Waals surface area contributed by atoms with E-state index in [1.165, 1.54) is 12.8 Å². The maximum absolute atomic E-state index is 14.7. The summed E-state index contributed by atoms with van der Waals surface area (Å²) in [6, 6.07) is 5.55. The Morgan fingerprint density at radius 3 is 2.60 bits per heavy atom. The zero-order chi connectivity index (χ0) is 20.6. The molecule has 1 N–H and O–H groups in total. The summed E-state index contributed by atoms with van der Waals surface area (Å²) in [4.78, 5) is 10.9. The van der Waals surface area contributed by atoms with Gasteiger partial charge < -0.3 is 24.8 Å². The molecule has 2 fully saturated rings. The van der Waals surface area contributed by atoms with Crippen molar-refractivity contribution in [1.82, 2.24) is 15.1 Å². The van der Waals surface area contributed by atoms with E-state index in [1.54, 1.807) is 13.1 Å². The highest BCUT2D eigenvalue weighted by molar-refractivity contribution is 14.0. The van der Waals surface area contributed by atoms with Crippen LogP contribution in [-0.2, 0) is 11.3 Å². The number of guanidine groups is 1. The Kier molecular flexibility index (Phi) is 10.6.